The molecular formula is C59H73N15O9. The molecule has 0 spiro atoms. The summed E-state index contributed by atoms with van der Waals surface area (Å²) in [5, 5.41) is 43.9. The molecule has 9 amide bonds. The minimum atomic E-state index is -1.55. The summed E-state index contributed by atoms with van der Waals surface area (Å²) in [5.41, 5.74) is 19.0. The minimum Gasteiger partial charge on any atom is -0.370 e. The summed E-state index contributed by atoms with van der Waals surface area (Å²) in [6.45, 7) is -0.527. The Bertz CT molecular complexity index is 3080. The Hall–Kier alpha value is -9.87. The first-order valence-corrected chi connectivity index (χ1v) is 27.3. The fourth-order valence-corrected chi connectivity index (χ4v) is 9.31. The number of nitrogens with one attached hydrogen (secondary N) is 12. The second kappa shape index (κ2) is 31.8. The maximum atomic E-state index is 14.9. The van der Waals surface area contributed by atoms with Crippen LogP contribution in [0.2, 0.25) is 0 Å². The van der Waals surface area contributed by atoms with Crippen LogP contribution in [0.3, 0.4) is 0 Å². The number of hydrogen-bond acceptors (Lipinski definition) is 11. The van der Waals surface area contributed by atoms with E-state index in [0.29, 0.717) is 22.3 Å². The van der Waals surface area contributed by atoms with Crippen molar-refractivity contribution in [1.29, 1.82) is 10.8 Å². The quantitative estimate of drug-likeness (QED) is 0.0280. The number of rotatable bonds is 19. The molecule has 7 atom stereocenters. The first-order valence-electron chi connectivity index (χ1n) is 27.3. The van der Waals surface area contributed by atoms with E-state index in [1.807, 2.05) is 36.4 Å². The fourth-order valence-electron chi connectivity index (χ4n) is 9.31. The number of benzene rings is 5. The van der Waals surface area contributed by atoms with E-state index in [9.17, 15) is 43.2 Å². The predicted octanol–water partition coefficient (Wildman–Crippen LogP) is -0.574. The van der Waals surface area contributed by atoms with Crippen LogP contribution in [0.25, 0.3) is 10.8 Å². The molecule has 0 aromatic heterocycles. The molecule has 438 valence electrons. The molecule has 0 saturated carbocycles. The van der Waals surface area contributed by atoms with Gasteiger partial charge in [0.25, 0.3) is 0 Å². The molecule has 24 nitrogen and oxygen atoms in total. The molecule has 0 aliphatic carbocycles. The molecule has 6 rings (SSSR count). The molecular weight excluding hydrogens is 1060 g/mol. The van der Waals surface area contributed by atoms with Gasteiger partial charge in [-0.05, 0) is 65.1 Å². The summed E-state index contributed by atoms with van der Waals surface area (Å²) < 4.78 is 0. The standard InChI is InChI=1S/C59H73N15O9/c60-49(75)27-26-44-54(80)72-46(31-36-14-4-1-5-15-36)56(82)74-48(33-38-18-8-3-9-19-38)57(83)73-47(32-37-16-6-2-7-17-37)55(81)71-45(34-39-24-25-40-20-10-11-21-41(40)30-39)51(77)67-35-50(76)68-42(22-12-28-65-58(61)62)52(78)69-43(53(79)70-44)23-13-29-66-59(63)64/h1-11,14-21,24-25,30,42-48H,12-13,22-23,26-29,31-35H2,(H2,60,75)(H,67,77)(H,68,76)(H,69,78)(H,70,79)(H,71,81)(H,72,80)(H,73,83)(H,74,82)(H4,61,62,65)(H4,63,64,66)/t42-,43-,44+,45+,46+,47+,48-/m1/s1. The highest BCUT2D eigenvalue weighted by Crippen LogP contribution is 2.18. The van der Waals surface area contributed by atoms with Crippen molar-refractivity contribution in [2.75, 3.05) is 19.6 Å². The maximum absolute atomic E-state index is 14.9. The third-order valence-electron chi connectivity index (χ3n) is 13.6. The molecule has 5 aromatic rings. The van der Waals surface area contributed by atoms with Crippen LogP contribution in [0.4, 0.5) is 0 Å². The monoisotopic (exact) mass is 1140 g/mol. The van der Waals surface area contributed by atoms with Crippen LogP contribution < -0.4 is 70.4 Å². The van der Waals surface area contributed by atoms with E-state index in [-0.39, 0.29) is 82.8 Å². The first-order chi connectivity index (χ1) is 39.9. The van der Waals surface area contributed by atoms with E-state index >= 15 is 0 Å². The summed E-state index contributed by atoms with van der Waals surface area (Å²) in [6.07, 6.45) is -1.08. The molecule has 18 N–H and O–H groups in total. The van der Waals surface area contributed by atoms with E-state index in [1.165, 1.54) is 0 Å². The second-order valence-corrected chi connectivity index (χ2v) is 20.1. The highest BCUT2D eigenvalue weighted by molar-refractivity contribution is 5.99. The first kappa shape index (κ1) is 62.3. The number of primary amides is 1. The van der Waals surface area contributed by atoms with Crippen molar-refractivity contribution < 1.29 is 43.2 Å². The van der Waals surface area contributed by atoms with Gasteiger partial charge in [0, 0.05) is 45.2 Å². The van der Waals surface area contributed by atoms with Crippen LogP contribution in [0, 0.1) is 10.8 Å². The van der Waals surface area contributed by atoms with Crippen LogP contribution in [0.1, 0.15) is 60.8 Å². The van der Waals surface area contributed by atoms with Gasteiger partial charge in [-0.2, -0.15) is 0 Å². The third-order valence-corrected chi connectivity index (χ3v) is 13.6. The van der Waals surface area contributed by atoms with Gasteiger partial charge in [-0.25, -0.2) is 0 Å². The smallest absolute Gasteiger partial charge is 0.243 e. The van der Waals surface area contributed by atoms with Crippen molar-refractivity contribution >= 4 is 75.9 Å². The number of fused-ring (bicyclic) bond motifs is 1. The zero-order valence-corrected chi connectivity index (χ0v) is 45.8. The Labute approximate surface area is 480 Å². The molecule has 1 heterocycles. The Morgan fingerprint density at radius 2 is 0.759 bits per heavy atom. The van der Waals surface area contributed by atoms with E-state index in [1.54, 1.807) is 97.1 Å². The zero-order chi connectivity index (χ0) is 59.7. The van der Waals surface area contributed by atoms with Gasteiger partial charge in [0.05, 0.1) is 6.54 Å². The molecule has 0 radical (unpaired) electrons. The van der Waals surface area contributed by atoms with Gasteiger partial charge in [-0.3, -0.25) is 54.0 Å². The van der Waals surface area contributed by atoms with E-state index < -0.39 is 108 Å². The lowest BCUT2D eigenvalue weighted by atomic mass is 9.99. The van der Waals surface area contributed by atoms with Crippen LogP contribution in [-0.4, -0.2) is 127 Å². The molecule has 1 saturated heterocycles. The average molecular weight is 1140 g/mol. The van der Waals surface area contributed by atoms with Gasteiger partial charge in [-0.1, -0.05) is 133 Å². The lowest BCUT2D eigenvalue weighted by Crippen LogP contribution is -2.61. The van der Waals surface area contributed by atoms with E-state index in [4.69, 9.17) is 28.0 Å². The molecule has 24 heteroatoms. The molecule has 1 aliphatic heterocycles. The lowest BCUT2D eigenvalue weighted by Gasteiger charge is -2.28. The molecule has 0 unspecified atom stereocenters. The predicted molar refractivity (Wildman–Crippen MR) is 311 cm³/mol. The molecule has 83 heavy (non-hydrogen) atoms. The molecule has 0 bridgehead atoms. The van der Waals surface area contributed by atoms with Gasteiger partial charge in [0.15, 0.2) is 11.9 Å². The van der Waals surface area contributed by atoms with E-state index in [2.05, 4.69) is 53.2 Å². The third kappa shape index (κ3) is 20.9. The molecule has 1 fully saturated rings. The summed E-state index contributed by atoms with van der Waals surface area (Å²) in [5.74, 6) is -8.29. The summed E-state index contributed by atoms with van der Waals surface area (Å²) in [7, 11) is 0. The van der Waals surface area contributed by atoms with Gasteiger partial charge >= 0.3 is 0 Å². The van der Waals surface area contributed by atoms with Crippen molar-refractivity contribution in [3.8, 4) is 0 Å². The normalized spacial score (nSPS) is 20.7. The number of guanidine groups is 2. The Balaban J connectivity index is 1.43. The molecule has 1 aliphatic rings. The number of carbonyl (C=O) groups is 9. The van der Waals surface area contributed by atoms with Crippen molar-refractivity contribution in [3.05, 3.63) is 156 Å². The van der Waals surface area contributed by atoms with Gasteiger partial charge in [-0.15, -0.1) is 0 Å². The average Bonchev–Trinajstić information content (AvgIpc) is 3.54. The molecule has 5 aromatic carbocycles. The highest BCUT2D eigenvalue weighted by Gasteiger charge is 2.35. The Morgan fingerprint density at radius 3 is 1.18 bits per heavy atom. The lowest BCUT2D eigenvalue weighted by molar-refractivity contribution is -0.136. The van der Waals surface area contributed by atoms with Crippen LogP contribution in [-0.2, 0) is 68.8 Å². The second-order valence-electron chi connectivity index (χ2n) is 20.1. The van der Waals surface area contributed by atoms with Crippen molar-refractivity contribution in [1.82, 2.24) is 53.2 Å². The SMILES string of the molecule is N=C(N)NCCC[C@H]1NC(=O)CNC(=O)[C@H](Cc2ccc3ccccc3c2)NC(=O)[C@H](Cc2ccccc2)NC(=O)[C@@H](Cc2ccccc2)NC(=O)[C@H](Cc2ccccc2)NC(=O)[C@H](CCC(N)=O)NC(=O)[C@@H](CCCNC(=N)N)NC1=O. The van der Waals surface area contributed by atoms with Crippen LogP contribution in [0.15, 0.2) is 133 Å². The number of carbonyl (C=O) groups excluding carboxylic acids is 9. The van der Waals surface area contributed by atoms with E-state index in [0.717, 1.165) is 10.8 Å². The largest absolute Gasteiger partial charge is 0.370 e. The van der Waals surface area contributed by atoms with Crippen LogP contribution >= 0.6 is 0 Å². The topological polar surface area (TPSA) is 400 Å². The number of hydrogen-bond donors (Lipinski definition) is 15. The maximum Gasteiger partial charge on any atom is 0.243 e. The minimum absolute atomic E-state index is 0.0761. The summed E-state index contributed by atoms with van der Waals surface area (Å²) >= 11 is 0. The zero-order valence-electron chi connectivity index (χ0n) is 45.8. The van der Waals surface area contributed by atoms with Gasteiger partial charge in [0.2, 0.25) is 53.2 Å². The number of amides is 9. The Kier molecular flexibility index (Phi) is 23.9. The summed E-state index contributed by atoms with van der Waals surface area (Å²) in [4.78, 5) is 129. The van der Waals surface area contributed by atoms with Crippen molar-refractivity contribution in [2.45, 2.75) is 107 Å². The van der Waals surface area contributed by atoms with Crippen molar-refractivity contribution in [3.63, 3.8) is 0 Å². The number of nitrogens with two attached hydrogens (primary N) is 3. The Morgan fingerprint density at radius 1 is 0.410 bits per heavy atom. The van der Waals surface area contributed by atoms with Crippen molar-refractivity contribution in [2.24, 2.45) is 17.2 Å². The highest BCUT2D eigenvalue weighted by atomic mass is 16.2. The summed E-state index contributed by atoms with van der Waals surface area (Å²) in [6, 6.07) is 29.3. The fraction of sp³-hybridized carbons (Fsp3) is 0.339. The van der Waals surface area contributed by atoms with Gasteiger partial charge in [0.1, 0.15) is 42.3 Å². The van der Waals surface area contributed by atoms with Gasteiger partial charge < -0.3 is 70.4 Å². The van der Waals surface area contributed by atoms with Crippen LogP contribution in [0.5, 0.6) is 0 Å².